The molecule has 0 saturated carbocycles. The van der Waals surface area contributed by atoms with Crippen LogP contribution in [-0.4, -0.2) is 19.5 Å². The van der Waals surface area contributed by atoms with Crippen molar-refractivity contribution >= 4 is 33.2 Å². The second-order valence-electron chi connectivity index (χ2n) is 5.51. The normalized spacial score (nSPS) is 11.1. The summed E-state index contributed by atoms with van der Waals surface area (Å²) in [6.45, 7) is 5.10. The Morgan fingerprint density at radius 3 is 2.92 bits per heavy atom. The number of hydrogen-bond donors (Lipinski definition) is 1. The van der Waals surface area contributed by atoms with Gasteiger partial charge in [0, 0.05) is 35.6 Å². The Morgan fingerprint density at radius 1 is 1.21 bits per heavy atom. The van der Waals surface area contributed by atoms with Gasteiger partial charge in [-0.15, -0.1) is 11.3 Å². The topological polar surface area (TPSA) is 55.6 Å². The van der Waals surface area contributed by atoms with Gasteiger partial charge in [-0.25, -0.2) is 9.97 Å². The Morgan fingerprint density at radius 2 is 2.12 bits per heavy atom. The lowest BCUT2D eigenvalue weighted by atomic mass is 10.2. The molecule has 5 nitrogen and oxygen atoms in total. The fourth-order valence-corrected chi connectivity index (χ4v) is 3.57. The highest BCUT2D eigenvalue weighted by Crippen LogP contribution is 2.28. The van der Waals surface area contributed by atoms with Gasteiger partial charge in [0.05, 0.1) is 16.7 Å². The third kappa shape index (κ3) is 2.65. The van der Waals surface area contributed by atoms with Crippen molar-refractivity contribution in [3.8, 4) is 11.3 Å². The molecule has 0 saturated heterocycles. The number of aryl methyl sites for hydroxylation is 2. The van der Waals surface area contributed by atoms with Crippen LogP contribution in [0.1, 0.15) is 12.7 Å². The molecule has 0 amide bonds. The predicted molar refractivity (Wildman–Crippen MR) is 98.8 cm³/mol. The number of thiazole rings is 1. The van der Waals surface area contributed by atoms with E-state index >= 15 is 0 Å². The van der Waals surface area contributed by atoms with Crippen LogP contribution in [0.3, 0.4) is 0 Å². The van der Waals surface area contributed by atoms with Gasteiger partial charge >= 0.3 is 0 Å². The molecule has 0 radical (unpaired) electrons. The number of aromatic nitrogens is 4. The first-order valence-electron chi connectivity index (χ1n) is 7.84. The van der Waals surface area contributed by atoms with E-state index in [1.807, 2.05) is 30.6 Å². The van der Waals surface area contributed by atoms with Gasteiger partial charge in [-0.05, 0) is 44.2 Å². The van der Waals surface area contributed by atoms with Gasteiger partial charge in [-0.3, -0.25) is 4.98 Å². The third-order valence-corrected chi connectivity index (χ3v) is 4.73. The van der Waals surface area contributed by atoms with Gasteiger partial charge in [0.15, 0.2) is 5.13 Å². The fourth-order valence-electron chi connectivity index (χ4n) is 2.83. The van der Waals surface area contributed by atoms with Gasteiger partial charge in [0.25, 0.3) is 0 Å². The van der Waals surface area contributed by atoms with E-state index < -0.39 is 0 Å². The largest absolute Gasteiger partial charge is 0.331 e. The first kappa shape index (κ1) is 14.8. The quantitative estimate of drug-likeness (QED) is 0.591. The summed E-state index contributed by atoms with van der Waals surface area (Å²) in [6.07, 6.45) is 3.59. The van der Waals surface area contributed by atoms with E-state index in [4.69, 9.17) is 0 Å². The summed E-state index contributed by atoms with van der Waals surface area (Å²) in [6, 6.07) is 10.2. The molecule has 24 heavy (non-hydrogen) atoms. The zero-order valence-electron chi connectivity index (χ0n) is 13.5. The highest BCUT2D eigenvalue weighted by Gasteiger charge is 2.08. The number of nitrogens with zero attached hydrogens (tertiary/aromatic N) is 4. The van der Waals surface area contributed by atoms with Gasteiger partial charge in [0.1, 0.15) is 5.82 Å². The van der Waals surface area contributed by atoms with E-state index in [9.17, 15) is 0 Å². The molecule has 0 aliphatic carbocycles. The van der Waals surface area contributed by atoms with Crippen LogP contribution in [0.5, 0.6) is 0 Å². The van der Waals surface area contributed by atoms with E-state index in [1.165, 1.54) is 0 Å². The van der Waals surface area contributed by atoms with E-state index in [2.05, 4.69) is 50.0 Å². The molecule has 0 unspecified atom stereocenters. The molecule has 6 heteroatoms. The molecular formula is C18H17N5S. The zero-order chi connectivity index (χ0) is 16.5. The molecular weight excluding hydrogens is 318 g/mol. The Labute approximate surface area is 144 Å². The summed E-state index contributed by atoms with van der Waals surface area (Å²) in [5.41, 5.74) is 5.12. The van der Waals surface area contributed by atoms with Crippen molar-refractivity contribution in [1.82, 2.24) is 19.5 Å². The lowest BCUT2D eigenvalue weighted by molar-refractivity contribution is 0.753. The second-order valence-corrected chi connectivity index (χ2v) is 6.37. The van der Waals surface area contributed by atoms with Gasteiger partial charge < -0.3 is 9.88 Å². The molecule has 1 N–H and O–H groups in total. The maximum absolute atomic E-state index is 4.64. The molecule has 4 aromatic rings. The smallest absolute Gasteiger partial charge is 0.187 e. The number of hydrogen-bond acceptors (Lipinski definition) is 5. The van der Waals surface area contributed by atoms with E-state index in [1.54, 1.807) is 17.5 Å². The monoisotopic (exact) mass is 335 g/mol. The maximum atomic E-state index is 4.64. The Hall–Kier alpha value is -2.73. The van der Waals surface area contributed by atoms with Crippen LogP contribution < -0.4 is 5.32 Å². The van der Waals surface area contributed by atoms with Crippen LogP contribution in [0, 0.1) is 6.92 Å². The van der Waals surface area contributed by atoms with Crippen molar-refractivity contribution in [1.29, 1.82) is 0 Å². The highest BCUT2D eigenvalue weighted by molar-refractivity contribution is 7.14. The Bertz CT molecular complexity index is 987. The van der Waals surface area contributed by atoms with Crippen molar-refractivity contribution < 1.29 is 0 Å². The minimum Gasteiger partial charge on any atom is -0.331 e. The average Bonchev–Trinajstić information content (AvgIpc) is 3.18. The molecule has 3 heterocycles. The van der Waals surface area contributed by atoms with Crippen LogP contribution in [0.25, 0.3) is 22.3 Å². The molecule has 3 aromatic heterocycles. The van der Waals surface area contributed by atoms with Crippen molar-refractivity contribution in [3.63, 3.8) is 0 Å². The lowest BCUT2D eigenvalue weighted by Crippen LogP contribution is -1.96. The number of pyridine rings is 1. The predicted octanol–water partition coefficient (Wildman–Crippen LogP) is 4.63. The number of rotatable bonds is 4. The SMILES string of the molecule is CCn1c(C)nc2cc(Nc3nc(-c4cccnc4)cs3)ccc21. The summed E-state index contributed by atoms with van der Waals surface area (Å²) >= 11 is 1.58. The Balaban J connectivity index is 1.62. The van der Waals surface area contributed by atoms with Crippen molar-refractivity contribution in [2.75, 3.05) is 5.32 Å². The average molecular weight is 335 g/mol. The molecule has 0 spiro atoms. The number of anilines is 2. The van der Waals surface area contributed by atoms with E-state index in [-0.39, 0.29) is 0 Å². The molecule has 0 bridgehead atoms. The number of imidazole rings is 1. The lowest BCUT2D eigenvalue weighted by Gasteiger charge is -2.04. The zero-order valence-corrected chi connectivity index (χ0v) is 14.3. The van der Waals surface area contributed by atoms with Gasteiger partial charge in [0.2, 0.25) is 0 Å². The molecule has 4 rings (SSSR count). The fraction of sp³-hybridized carbons (Fsp3) is 0.167. The van der Waals surface area contributed by atoms with Crippen molar-refractivity contribution in [2.24, 2.45) is 0 Å². The Kier molecular flexibility index (Phi) is 3.74. The van der Waals surface area contributed by atoms with E-state index in [0.717, 1.165) is 45.5 Å². The van der Waals surface area contributed by atoms with Crippen LogP contribution >= 0.6 is 11.3 Å². The van der Waals surface area contributed by atoms with Gasteiger partial charge in [-0.2, -0.15) is 0 Å². The number of fused-ring (bicyclic) bond motifs is 1. The standard InChI is InChI=1S/C18H17N5S/c1-3-23-12(2)20-15-9-14(6-7-17(15)23)21-18-22-16(11-24-18)13-5-4-8-19-10-13/h4-11H,3H2,1-2H3,(H,21,22). The molecule has 0 fully saturated rings. The van der Waals surface area contributed by atoms with Crippen LogP contribution in [0.2, 0.25) is 0 Å². The minimum absolute atomic E-state index is 0.861. The summed E-state index contributed by atoms with van der Waals surface area (Å²) in [4.78, 5) is 13.4. The molecule has 0 atom stereocenters. The molecule has 1 aromatic carbocycles. The highest BCUT2D eigenvalue weighted by atomic mass is 32.1. The summed E-state index contributed by atoms with van der Waals surface area (Å²) in [7, 11) is 0. The summed E-state index contributed by atoms with van der Waals surface area (Å²) < 4.78 is 2.21. The third-order valence-electron chi connectivity index (χ3n) is 3.97. The van der Waals surface area contributed by atoms with Crippen molar-refractivity contribution in [2.45, 2.75) is 20.4 Å². The molecule has 120 valence electrons. The molecule has 0 aliphatic rings. The first-order chi connectivity index (χ1) is 11.7. The number of nitrogens with one attached hydrogen (secondary N) is 1. The molecule has 0 aliphatic heterocycles. The van der Waals surface area contributed by atoms with Crippen LogP contribution in [0.4, 0.5) is 10.8 Å². The van der Waals surface area contributed by atoms with Gasteiger partial charge in [-0.1, -0.05) is 0 Å². The number of benzene rings is 1. The van der Waals surface area contributed by atoms with Crippen molar-refractivity contribution in [3.05, 3.63) is 53.9 Å². The first-order valence-corrected chi connectivity index (χ1v) is 8.72. The summed E-state index contributed by atoms with van der Waals surface area (Å²) in [5, 5.41) is 6.27. The summed E-state index contributed by atoms with van der Waals surface area (Å²) in [5.74, 6) is 1.04. The van der Waals surface area contributed by atoms with Crippen LogP contribution in [0.15, 0.2) is 48.1 Å². The van der Waals surface area contributed by atoms with E-state index in [0.29, 0.717) is 0 Å². The minimum atomic E-state index is 0.861. The maximum Gasteiger partial charge on any atom is 0.187 e. The second kappa shape index (κ2) is 6.05. The van der Waals surface area contributed by atoms with Crippen LogP contribution in [-0.2, 0) is 6.54 Å².